The highest BCUT2D eigenvalue weighted by Gasteiger charge is 2.25. The van der Waals surface area contributed by atoms with E-state index in [4.69, 9.17) is 0 Å². The quantitative estimate of drug-likeness (QED) is 0.670. The summed E-state index contributed by atoms with van der Waals surface area (Å²) in [5.41, 5.74) is 2.77. The molecule has 1 aromatic rings. The molecule has 1 heteroatoms. The standard InChI is InChI=1S/C11H14O/c1-8(12)10-7-6-9-4-2-3-5-11(9)10/h2-5,8,10,12H,6-7H2,1H3/t8-,10?/m0/s1. The van der Waals surface area contributed by atoms with Gasteiger partial charge in [0.2, 0.25) is 0 Å². The van der Waals surface area contributed by atoms with E-state index >= 15 is 0 Å². The third kappa shape index (κ3) is 1.14. The van der Waals surface area contributed by atoms with Crippen LogP contribution in [0.1, 0.15) is 30.4 Å². The summed E-state index contributed by atoms with van der Waals surface area (Å²) >= 11 is 0. The minimum atomic E-state index is -0.200. The van der Waals surface area contributed by atoms with Crippen LogP contribution < -0.4 is 0 Å². The molecular formula is C11H14O. The van der Waals surface area contributed by atoms with Gasteiger partial charge in [0, 0.05) is 5.92 Å². The van der Waals surface area contributed by atoms with Crippen LogP contribution >= 0.6 is 0 Å². The lowest BCUT2D eigenvalue weighted by Gasteiger charge is -2.13. The van der Waals surface area contributed by atoms with Crippen LogP contribution in [0.3, 0.4) is 0 Å². The van der Waals surface area contributed by atoms with Gasteiger partial charge in [-0.2, -0.15) is 0 Å². The normalized spacial score (nSPS) is 23.7. The number of aliphatic hydroxyl groups is 1. The van der Waals surface area contributed by atoms with Gasteiger partial charge in [0.15, 0.2) is 0 Å². The molecule has 0 saturated carbocycles. The minimum absolute atomic E-state index is 0.200. The Hall–Kier alpha value is -0.820. The number of hydrogen-bond donors (Lipinski definition) is 1. The Morgan fingerprint density at radius 3 is 2.92 bits per heavy atom. The van der Waals surface area contributed by atoms with Crippen LogP contribution in [0.15, 0.2) is 24.3 Å². The van der Waals surface area contributed by atoms with E-state index in [2.05, 4.69) is 24.3 Å². The van der Waals surface area contributed by atoms with Crippen molar-refractivity contribution >= 4 is 0 Å². The molecule has 1 unspecified atom stereocenters. The number of benzene rings is 1. The monoisotopic (exact) mass is 162 g/mol. The topological polar surface area (TPSA) is 20.2 Å². The third-order valence-electron chi connectivity index (χ3n) is 2.76. The highest BCUT2D eigenvalue weighted by molar-refractivity contribution is 5.35. The van der Waals surface area contributed by atoms with Crippen LogP contribution in [-0.2, 0) is 6.42 Å². The molecule has 1 aliphatic carbocycles. The molecule has 64 valence electrons. The number of rotatable bonds is 1. The Morgan fingerprint density at radius 1 is 1.42 bits per heavy atom. The molecule has 1 nitrogen and oxygen atoms in total. The first-order valence-electron chi connectivity index (χ1n) is 4.55. The fraction of sp³-hybridized carbons (Fsp3) is 0.455. The second-order valence-corrected chi connectivity index (χ2v) is 3.58. The molecule has 1 N–H and O–H groups in total. The molecule has 0 fully saturated rings. The molecule has 1 aliphatic rings. The van der Waals surface area contributed by atoms with Gasteiger partial charge in [-0.05, 0) is 30.9 Å². The largest absolute Gasteiger partial charge is 0.393 e. The molecule has 0 saturated heterocycles. The smallest absolute Gasteiger partial charge is 0.0580 e. The average Bonchev–Trinajstić information content (AvgIpc) is 2.47. The Labute approximate surface area is 73.0 Å². The highest BCUT2D eigenvalue weighted by Crippen LogP contribution is 2.34. The van der Waals surface area contributed by atoms with Gasteiger partial charge in [0.1, 0.15) is 0 Å². The Bertz CT molecular complexity index is 278. The van der Waals surface area contributed by atoms with Crippen molar-refractivity contribution in [2.45, 2.75) is 31.8 Å². The Balaban J connectivity index is 2.36. The molecule has 1 aromatic carbocycles. The van der Waals surface area contributed by atoms with Crippen molar-refractivity contribution in [2.24, 2.45) is 0 Å². The fourth-order valence-electron chi connectivity index (χ4n) is 2.09. The number of hydrogen-bond acceptors (Lipinski definition) is 1. The van der Waals surface area contributed by atoms with Crippen molar-refractivity contribution in [2.75, 3.05) is 0 Å². The average molecular weight is 162 g/mol. The molecular weight excluding hydrogens is 148 g/mol. The molecule has 0 bridgehead atoms. The van der Waals surface area contributed by atoms with E-state index in [1.807, 2.05) is 6.92 Å². The van der Waals surface area contributed by atoms with Gasteiger partial charge >= 0.3 is 0 Å². The SMILES string of the molecule is C[C@H](O)C1CCc2ccccc21. The van der Waals surface area contributed by atoms with E-state index in [1.165, 1.54) is 11.1 Å². The van der Waals surface area contributed by atoms with Crippen molar-refractivity contribution in [3.63, 3.8) is 0 Å². The van der Waals surface area contributed by atoms with Gasteiger partial charge in [-0.25, -0.2) is 0 Å². The van der Waals surface area contributed by atoms with Crippen LogP contribution in [0.4, 0.5) is 0 Å². The third-order valence-corrected chi connectivity index (χ3v) is 2.76. The second-order valence-electron chi connectivity index (χ2n) is 3.58. The first kappa shape index (κ1) is 7.81. The van der Waals surface area contributed by atoms with Gasteiger partial charge in [0.25, 0.3) is 0 Å². The van der Waals surface area contributed by atoms with Crippen LogP contribution in [0.25, 0.3) is 0 Å². The first-order valence-corrected chi connectivity index (χ1v) is 4.55. The molecule has 2 rings (SSSR count). The maximum absolute atomic E-state index is 9.50. The van der Waals surface area contributed by atoms with Gasteiger partial charge in [0.05, 0.1) is 6.10 Å². The summed E-state index contributed by atoms with van der Waals surface area (Å²) in [4.78, 5) is 0. The van der Waals surface area contributed by atoms with Gasteiger partial charge in [-0.1, -0.05) is 24.3 Å². The maximum atomic E-state index is 9.50. The number of fused-ring (bicyclic) bond motifs is 1. The van der Waals surface area contributed by atoms with Crippen molar-refractivity contribution in [1.29, 1.82) is 0 Å². The van der Waals surface area contributed by atoms with E-state index in [9.17, 15) is 5.11 Å². The van der Waals surface area contributed by atoms with E-state index in [0.717, 1.165) is 12.8 Å². The molecule has 0 heterocycles. The molecule has 12 heavy (non-hydrogen) atoms. The molecule has 2 atom stereocenters. The zero-order valence-corrected chi connectivity index (χ0v) is 7.33. The lowest BCUT2D eigenvalue weighted by molar-refractivity contribution is 0.162. The fourth-order valence-corrected chi connectivity index (χ4v) is 2.09. The number of aryl methyl sites for hydroxylation is 1. The summed E-state index contributed by atoms with van der Waals surface area (Å²) in [7, 11) is 0. The van der Waals surface area contributed by atoms with Crippen molar-refractivity contribution in [3.05, 3.63) is 35.4 Å². The van der Waals surface area contributed by atoms with Crippen LogP contribution in [0, 0.1) is 0 Å². The lowest BCUT2D eigenvalue weighted by atomic mass is 9.97. The maximum Gasteiger partial charge on any atom is 0.0580 e. The summed E-state index contributed by atoms with van der Waals surface area (Å²) in [6.45, 7) is 1.88. The van der Waals surface area contributed by atoms with E-state index in [0.29, 0.717) is 5.92 Å². The molecule has 0 aromatic heterocycles. The van der Waals surface area contributed by atoms with Crippen LogP contribution in [0.2, 0.25) is 0 Å². The number of aliphatic hydroxyl groups excluding tert-OH is 1. The highest BCUT2D eigenvalue weighted by atomic mass is 16.3. The van der Waals surface area contributed by atoms with Crippen molar-refractivity contribution < 1.29 is 5.11 Å². The first-order chi connectivity index (χ1) is 5.79. The molecule has 0 amide bonds. The summed E-state index contributed by atoms with van der Waals surface area (Å²) in [6.07, 6.45) is 2.04. The molecule has 0 radical (unpaired) electrons. The Morgan fingerprint density at radius 2 is 2.17 bits per heavy atom. The predicted octanol–water partition coefficient (Wildman–Crippen LogP) is 2.10. The second kappa shape index (κ2) is 2.91. The van der Waals surface area contributed by atoms with Crippen LogP contribution in [-0.4, -0.2) is 11.2 Å². The minimum Gasteiger partial charge on any atom is -0.393 e. The summed E-state index contributed by atoms with van der Waals surface area (Å²) in [5.74, 6) is 0.376. The van der Waals surface area contributed by atoms with E-state index in [1.54, 1.807) is 0 Å². The van der Waals surface area contributed by atoms with Crippen LogP contribution in [0.5, 0.6) is 0 Å². The summed E-state index contributed by atoms with van der Waals surface area (Å²) in [6, 6.07) is 8.43. The van der Waals surface area contributed by atoms with E-state index in [-0.39, 0.29) is 6.10 Å². The lowest BCUT2D eigenvalue weighted by Crippen LogP contribution is -2.11. The van der Waals surface area contributed by atoms with Gasteiger partial charge in [-0.3, -0.25) is 0 Å². The summed E-state index contributed by atoms with van der Waals surface area (Å²) < 4.78 is 0. The van der Waals surface area contributed by atoms with Crippen molar-refractivity contribution in [1.82, 2.24) is 0 Å². The van der Waals surface area contributed by atoms with Gasteiger partial charge < -0.3 is 5.11 Å². The zero-order valence-electron chi connectivity index (χ0n) is 7.33. The molecule has 0 spiro atoms. The zero-order chi connectivity index (χ0) is 8.55. The predicted molar refractivity (Wildman–Crippen MR) is 49.2 cm³/mol. The Kier molecular flexibility index (Phi) is 1.89. The van der Waals surface area contributed by atoms with E-state index < -0.39 is 0 Å². The summed E-state index contributed by atoms with van der Waals surface area (Å²) in [5, 5.41) is 9.50. The van der Waals surface area contributed by atoms with Gasteiger partial charge in [-0.15, -0.1) is 0 Å². The molecule has 0 aliphatic heterocycles. The van der Waals surface area contributed by atoms with Crippen molar-refractivity contribution in [3.8, 4) is 0 Å².